The number of nitrogens with zero attached hydrogens (tertiary/aromatic N) is 1. The summed E-state index contributed by atoms with van der Waals surface area (Å²) in [5.41, 5.74) is 2.53. The molecule has 1 aliphatic rings. The molecule has 4 rings (SSSR count). The molecule has 1 heterocycles. The predicted octanol–water partition coefficient (Wildman–Crippen LogP) is 5.31. The second-order valence-corrected chi connectivity index (χ2v) is 8.48. The van der Waals surface area contributed by atoms with Gasteiger partial charge in [0, 0.05) is 22.7 Å². The maximum Gasteiger partial charge on any atom is 0.276 e. The van der Waals surface area contributed by atoms with Gasteiger partial charge in [-0.15, -0.1) is 0 Å². The summed E-state index contributed by atoms with van der Waals surface area (Å²) >= 11 is 1.31. The van der Waals surface area contributed by atoms with Gasteiger partial charge in [-0.3, -0.25) is 9.59 Å². The Morgan fingerprint density at radius 1 is 1.00 bits per heavy atom. The highest BCUT2D eigenvalue weighted by Gasteiger charge is 2.18. The number of carbonyl (C=O) groups is 2. The van der Waals surface area contributed by atoms with Gasteiger partial charge in [0.05, 0.1) is 4.70 Å². The lowest BCUT2D eigenvalue weighted by atomic mass is 10.1. The largest absolute Gasteiger partial charge is 0.349 e. The van der Waals surface area contributed by atoms with Gasteiger partial charge in [0.15, 0.2) is 0 Å². The summed E-state index contributed by atoms with van der Waals surface area (Å²) in [6, 6.07) is 13.4. The first kappa shape index (κ1) is 19.6. The first-order chi connectivity index (χ1) is 14.1. The fourth-order valence-corrected chi connectivity index (χ4v) is 4.59. The Labute approximate surface area is 174 Å². The van der Waals surface area contributed by atoms with Crippen LogP contribution in [-0.4, -0.2) is 22.2 Å². The molecule has 5 nitrogen and oxygen atoms in total. The van der Waals surface area contributed by atoms with Gasteiger partial charge in [0.1, 0.15) is 5.69 Å². The third-order valence-corrected chi connectivity index (χ3v) is 6.36. The van der Waals surface area contributed by atoms with Crippen molar-refractivity contribution in [1.82, 2.24) is 9.69 Å². The molecular formula is C23H25N3O2S. The number of anilines is 1. The van der Waals surface area contributed by atoms with E-state index in [1.165, 1.54) is 37.2 Å². The molecule has 3 aromatic rings. The van der Waals surface area contributed by atoms with Gasteiger partial charge in [0.2, 0.25) is 0 Å². The van der Waals surface area contributed by atoms with E-state index < -0.39 is 0 Å². The van der Waals surface area contributed by atoms with Crippen LogP contribution in [0.2, 0.25) is 0 Å². The van der Waals surface area contributed by atoms with Gasteiger partial charge < -0.3 is 10.6 Å². The zero-order chi connectivity index (χ0) is 20.2. The Bertz CT molecular complexity index is 1040. The van der Waals surface area contributed by atoms with E-state index in [1.54, 1.807) is 6.07 Å². The molecule has 0 aliphatic heterocycles. The minimum absolute atomic E-state index is 0.0773. The Morgan fingerprint density at radius 3 is 2.55 bits per heavy atom. The van der Waals surface area contributed by atoms with Crippen molar-refractivity contribution < 1.29 is 9.59 Å². The molecule has 1 aliphatic carbocycles. The molecule has 0 atom stereocenters. The number of fused-ring (bicyclic) bond motifs is 1. The van der Waals surface area contributed by atoms with Gasteiger partial charge in [0.25, 0.3) is 11.8 Å². The monoisotopic (exact) mass is 407 g/mol. The predicted molar refractivity (Wildman–Crippen MR) is 118 cm³/mol. The van der Waals surface area contributed by atoms with Crippen molar-refractivity contribution in [2.24, 2.45) is 0 Å². The zero-order valence-corrected chi connectivity index (χ0v) is 17.3. The topological polar surface area (TPSA) is 71.1 Å². The van der Waals surface area contributed by atoms with Crippen molar-refractivity contribution in [2.75, 3.05) is 5.32 Å². The van der Waals surface area contributed by atoms with E-state index in [0.29, 0.717) is 16.9 Å². The molecule has 150 valence electrons. The maximum atomic E-state index is 12.8. The quantitative estimate of drug-likeness (QED) is 0.576. The zero-order valence-electron chi connectivity index (χ0n) is 16.5. The summed E-state index contributed by atoms with van der Waals surface area (Å²) in [5, 5.41) is 6.95. The van der Waals surface area contributed by atoms with Crippen LogP contribution in [0.15, 0.2) is 42.5 Å². The third-order valence-electron chi connectivity index (χ3n) is 5.53. The number of rotatable bonds is 4. The number of carbonyl (C=O) groups excluding carboxylic acids is 2. The van der Waals surface area contributed by atoms with Crippen LogP contribution in [0.4, 0.5) is 5.69 Å². The van der Waals surface area contributed by atoms with Crippen LogP contribution in [0.5, 0.6) is 0 Å². The molecule has 1 saturated carbocycles. The highest BCUT2D eigenvalue weighted by atomic mass is 32.1. The van der Waals surface area contributed by atoms with Gasteiger partial charge in [-0.2, -0.15) is 4.37 Å². The molecule has 6 heteroatoms. The standard InChI is InChI=1S/C23H25N3O2S/c1-15-12-13-16(22(27)24-17-8-4-2-3-5-9-17)14-19(15)25-23(28)21-18-10-6-7-11-20(18)29-26-21/h6-7,10-14,17H,2-5,8-9H2,1H3,(H,24,27)(H,25,28). The average Bonchev–Trinajstić information content (AvgIpc) is 2.99. The van der Waals surface area contributed by atoms with Crippen LogP contribution in [-0.2, 0) is 0 Å². The number of benzene rings is 2. The van der Waals surface area contributed by atoms with Crippen molar-refractivity contribution in [2.45, 2.75) is 51.5 Å². The first-order valence-corrected chi connectivity index (χ1v) is 11.0. The highest BCUT2D eigenvalue weighted by molar-refractivity contribution is 7.13. The summed E-state index contributed by atoms with van der Waals surface area (Å²) in [5.74, 6) is -0.335. The van der Waals surface area contributed by atoms with E-state index in [2.05, 4.69) is 15.0 Å². The number of hydrogen-bond acceptors (Lipinski definition) is 4. The summed E-state index contributed by atoms with van der Waals surface area (Å²) in [6.07, 6.45) is 6.91. The van der Waals surface area contributed by atoms with Crippen molar-refractivity contribution in [3.63, 3.8) is 0 Å². The van der Waals surface area contributed by atoms with E-state index in [1.807, 2.05) is 43.3 Å². The second kappa shape index (κ2) is 8.74. The number of amides is 2. The number of hydrogen-bond donors (Lipinski definition) is 2. The third kappa shape index (κ3) is 4.48. The normalized spacial score (nSPS) is 15.1. The van der Waals surface area contributed by atoms with Crippen molar-refractivity contribution >= 4 is 39.1 Å². The van der Waals surface area contributed by atoms with Gasteiger partial charge in [-0.25, -0.2) is 0 Å². The van der Waals surface area contributed by atoms with Crippen LogP contribution in [0, 0.1) is 6.92 Å². The fraction of sp³-hybridized carbons (Fsp3) is 0.348. The number of aromatic nitrogens is 1. The number of aryl methyl sites for hydroxylation is 1. The van der Waals surface area contributed by atoms with E-state index in [4.69, 9.17) is 0 Å². The second-order valence-electron chi connectivity index (χ2n) is 7.67. The molecule has 1 fully saturated rings. The van der Waals surface area contributed by atoms with Crippen LogP contribution in [0.25, 0.3) is 10.1 Å². The minimum atomic E-state index is -0.258. The summed E-state index contributed by atoms with van der Waals surface area (Å²) in [6.45, 7) is 1.92. The maximum absolute atomic E-state index is 12.8. The Morgan fingerprint density at radius 2 is 1.76 bits per heavy atom. The smallest absolute Gasteiger partial charge is 0.276 e. The molecule has 2 N–H and O–H groups in total. The van der Waals surface area contributed by atoms with Crippen molar-refractivity contribution in [3.8, 4) is 0 Å². The van der Waals surface area contributed by atoms with Crippen LogP contribution in [0.1, 0.15) is 64.9 Å². The minimum Gasteiger partial charge on any atom is -0.349 e. The summed E-state index contributed by atoms with van der Waals surface area (Å²) < 4.78 is 5.29. The SMILES string of the molecule is Cc1ccc(C(=O)NC2CCCCCC2)cc1NC(=O)c1nsc2ccccc12. The summed E-state index contributed by atoms with van der Waals surface area (Å²) in [4.78, 5) is 25.6. The Kier molecular flexibility index (Phi) is 5.90. The van der Waals surface area contributed by atoms with E-state index in [-0.39, 0.29) is 17.9 Å². The fourth-order valence-electron chi connectivity index (χ4n) is 3.82. The molecule has 0 unspecified atom stereocenters. The van der Waals surface area contributed by atoms with Crippen LogP contribution in [0.3, 0.4) is 0 Å². The molecule has 29 heavy (non-hydrogen) atoms. The van der Waals surface area contributed by atoms with Gasteiger partial charge >= 0.3 is 0 Å². The average molecular weight is 408 g/mol. The molecule has 0 spiro atoms. The molecule has 2 amide bonds. The van der Waals surface area contributed by atoms with Crippen molar-refractivity contribution in [1.29, 1.82) is 0 Å². The van der Waals surface area contributed by atoms with Crippen molar-refractivity contribution in [3.05, 3.63) is 59.3 Å². The number of nitrogens with one attached hydrogen (secondary N) is 2. The lowest BCUT2D eigenvalue weighted by Crippen LogP contribution is -2.34. The first-order valence-electron chi connectivity index (χ1n) is 10.2. The van der Waals surface area contributed by atoms with E-state index in [0.717, 1.165) is 28.5 Å². The summed E-state index contributed by atoms with van der Waals surface area (Å²) in [7, 11) is 0. The molecule has 1 aromatic heterocycles. The van der Waals surface area contributed by atoms with E-state index >= 15 is 0 Å². The molecular weight excluding hydrogens is 382 g/mol. The lowest BCUT2D eigenvalue weighted by molar-refractivity contribution is 0.0932. The van der Waals surface area contributed by atoms with E-state index in [9.17, 15) is 9.59 Å². The van der Waals surface area contributed by atoms with Crippen LogP contribution < -0.4 is 10.6 Å². The van der Waals surface area contributed by atoms with Gasteiger partial charge in [-0.05, 0) is 55.1 Å². The van der Waals surface area contributed by atoms with Crippen LogP contribution >= 0.6 is 11.5 Å². The highest BCUT2D eigenvalue weighted by Crippen LogP contribution is 2.25. The molecule has 2 aromatic carbocycles. The lowest BCUT2D eigenvalue weighted by Gasteiger charge is -2.17. The molecule has 0 saturated heterocycles. The molecule has 0 bridgehead atoms. The molecule has 0 radical (unpaired) electrons. The Balaban J connectivity index is 1.50. The Hall–Kier alpha value is -2.73. The van der Waals surface area contributed by atoms with Gasteiger partial charge in [-0.1, -0.05) is 49.9 Å².